The third-order valence-corrected chi connectivity index (χ3v) is 5.04. The first-order valence-corrected chi connectivity index (χ1v) is 7.30. The van der Waals surface area contributed by atoms with Crippen LogP contribution in [0.5, 0.6) is 0 Å². The molecule has 0 saturated heterocycles. The van der Waals surface area contributed by atoms with Gasteiger partial charge in [0.25, 0.3) is 0 Å². The summed E-state index contributed by atoms with van der Waals surface area (Å²) < 4.78 is 21.7. The molecule has 17 heavy (non-hydrogen) atoms. The quantitative estimate of drug-likeness (QED) is 0.541. The molecule has 3 rings (SSSR count). The Morgan fingerprint density at radius 3 is 2.53 bits per heavy atom. The van der Waals surface area contributed by atoms with E-state index in [0.717, 1.165) is 12.0 Å². The highest BCUT2D eigenvalue weighted by atomic mass is 35.5. The van der Waals surface area contributed by atoms with Gasteiger partial charge in [-0.25, -0.2) is 0 Å². The van der Waals surface area contributed by atoms with Crippen LogP contribution < -0.4 is 0 Å². The Morgan fingerprint density at radius 2 is 2.00 bits per heavy atom. The lowest BCUT2D eigenvalue weighted by Gasteiger charge is -2.23. The van der Waals surface area contributed by atoms with Gasteiger partial charge in [-0.15, -0.1) is 0 Å². The lowest BCUT2D eigenvalue weighted by atomic mass is 9.84. The van der Waals surface area contributed by atoms with E-state index in [-0.39, 0.29) is 0 Å². The van der Waals surface area contributed by atoms with Crippen LogP contribution in [0.15, 0.2) is 34.9 Å². The molecule has 4 heteroatoms. The lowest BCUT2D eigenvalue weighted by molar-refractivity contribution is 0.527. The predicted octanol–water partition coefficient (Wildman–Crippen LogP) is 2.70. The number of fused-ring (bicyclic) bond motifs is 2. The molecule has 0 amide bonds. The fraction of sp³-hybridized carbons (Fsp3) is 0.462. The Kier molecular flexibility index (Phi) is 2.75. The van der Waals surface area contributed by atoms with E-state index in [1.165, 1.54) is 6.42 Å². The van der Waals surface area contributed by atoms with Crippen molar-refractivity contribution >= 4 is 26.8 Å². The van der Waals surface area contributed by atoms with E-state index in [1.807, 2.05) is 6.08 Å². The zero-order valence-electron chi connectivity index (χ0n) is 9.27. The molecule has 0 aromatic rings. The van der Waals surface area contributed by atoms with Gasteiger partial charge in [-0.05, 0) is 42.2 Å². The van der Waals surface area contributed by atoms with Crippen LogP contribution in [0.25, 0.3) is 0 Å². The molecule has 0 N–H and O–H groups in total. The summed E-state index contributed by atoms with van der Waals surface area (Å²) in [5.41, 5.74) is 1.15. The van der Waals surface area contributed by atoms with Crippen molar-refractivity contribution in [1.29, 1.82) is 0 Å². The molecule has 2 bridgehead atoms. The van der Waals surface area contributed by atoms with Crippen molar-refractivity contribution in [2.75, 3.05) is 0 Å². The summed E-state index contributed by atoms with van der Waals surface area (Å²) in [6.45, 7) is 0. The first-order valence-electron chi connectivity index (χ1n) is 5.85. The van der Waals surface area contributed by atoms with Crippen LogP contribution in [0.2, 0.25) is 0 Å². The van der Waals surface area contributed by atoms with Gasteiger partial charge in [-0.1, -0.05) is 29.8 Å². The third-order valence-electron chi connectivity index (χ3n) is 3.98. The summed E-state index contributed by atoms with van der Waals surface area (Å²) in [7, 11) is -2.14. The van der Waals surface area contributed by atoms with Crippen molar-refractivity contribution in [2.45, 2.75) is 19.3 Å². The van der Waals surface area contributed by atoms with Gasteiger partial charge in [0.05, 0.1) is 4.86 Å². The predicted molar refractivity (Wildman–Crippen MR) is 69.4 cm³/mol. The average Bonchev–Trinajstić information content (AvgIpc) is 2.90. The largest absolute Gasteiger partial charge is 0.217 e. The van der Waals surface area contributed by atoms with E-state index < -0.39 is 10.3 Å². The molecule has 3 unspecified atom stereocenters. The van der Waals surface area contributed by atoms with E-state index in [1.54, 1.807) is 6.08 Å². The van der Waals surface area contributed by atoms with Crippen molar-refractivity contribution in [3.05, 3.63) is 34.9 Å². The summed E-state index contributed by atoms with van der Waals surface area (Å²) in [5, 5.41) is 0.706. The summed E-state index contributed by atoms with van der Waals surface area (Å²) >= 11 is 6.25. The number of hydrogen-bond donors (Lipinski definition) is 0. The maximum Gasteiger partial charge on any atom is 0.217 e. The summed E-state index contributed by atoms with van der Waals surface area (Å²) in [4.78, 5) is 0.387. The molecule has 0 aromatic heterocycles. The Hall–Kier alpha value is -0.800. The second-order valence-electron chi connectivity index (χ2n) is 4.96. The Morgan fingerprint density at radius 1 is 1.18 bits per heavy atom. The van der Waals surface area contributed by atoms with Gasteiger partial charge in [0.1, 0.15) is 0 Å². The minimum atomic E-state index is -2.14. The average molecular weight is 269 g/mol. The van der Waals surface area contributed by atoms with Crippen molar-refractivity contribution in [1.82, 2.24) is 0 Å². The van der Waals surface area contributed by atoms with Crippen molar-refractivity contribution in [3.63, 3.8) is 0 Å². The maximum atomic E-state index is 10.9. The second-order valence-corrected chi connectivity index (χ2v) is 6.41. The van der Waals surface area contributed by atoms with E-state index in [0.29, 0.717) is 34.1 Å². The molecular formula is C13H13ClO2S. The van der Waals surface area contributed by atoms with Gasteiger partial charge >= 0.3 is 0 Å². The van der Waals surface area contributed by atoms with Gasteiger partial charge in [-0.3, -0.25) is 0 Å². The summed E-state index contributed by atoms with van der Waals surface area (Å²) in [6, 6.07) is 0. The van der Waals surface area contributed by atoms with Gasteiger partial charge < -0.3 is 0 Å². The smallest absolute Gasteiger partial charge is 0.184 e. The minimum Gasteiger partial charge on any atom is -0.184 e. The highest BCUT2D eigenvalue weighted by Gasteiger charge is 2.38. The van der Waals surface area contributed by atoms with Gasteiger partial charge in [0.2, 0.25) is 10.3 Å². The number of halogens is 1. The van der Waals surface area contributed by atoms with Crippen LogP contribution in [0.3, 0.4) is 0 Å². The molecule has 2 nitrogen and oxygen atoms in total. The van der Waals surface area contributed by atoms with E-state index >= 15 is 0 Å². The Labute approximate surface area is 107 Å². The van der Waals surface area contributed by atoms with Crippen LogP contribution in [0, 0.1) is 17.8 Å². The number of rotatable bonds is 1. The Bertz CT molecular complexity index is 573. The van der Waals surface area contributed by atoms with Crippen molar-refractivity contribution < 1.29 is 8.42 Å². The maximum absolute atomic E-state index is 10.9. The van der Waals surface area contributed by atoms with Crippen molar-refractivity contribution in [2.24, 2.45) is 17.8 Å². The first-order chi connectivity index (χ1) is 8.15. The number of allylic oxidation sites excluding steroid dienone is 6. The molecule has 0 radical (unpaired) electrons. The van der Waals surface area contributed by atoms with Gasteiger partial charge in [-0.2, -0.15) is 8.42 Å². The lowest BCUT2D eigenvalue weighted by Crippen LogP contribution is -2.14. The van der Waals surface area contributed by atoms with Crippen molar-refractivity contribution in [3.8, 4) is 0 Å². The fourth-order valence-electron chi connectivity index (χ4n) is 3.16. The molecule has 3 aliphatic carbocycles. The Balaban J connectivity index is 1.91. The molecular weight excluding hydrogens is 256 g/mol. The minimum absolute atomic E-state index is 0.362. The normalized spacial score (nSPS) is 34.9. The second kappa shape index (κ2) is 4.14. The standard InChI is InChI=1S/C13H13ClO2S/c14-13-7-10(17(15)16)3-4-11(13)12-6-8-1-2-9(12)5-8/h1-4,8-9,12H,5-7H2. The zero-order valence-corrected chi connectivity index (χ0v) is 10.8. The summed E-state index contributed by atoms with van der Waals surface area (Å²) in [6.07, 6.45) is 10.9. The van der Waals surface area contributed by atoms with Crippen LogP contribution in [-0.4, -0.2) is 13.3 Å². The zero-order chi connectivity index (χ0) is 12.0. The molecule has 0 spiro atoms. The molecule has 3 aliphatic rings. The fourth-order valence-corrected chi connectivity index (χ4v) is 4.03. The van der Waals surface area contributed by atoms with Crippen LogP contribution in [-0.2, 0) is 10.3 Å². The SMILES string of the molecule is O=S(=O)=C1C=CC(C2CC3C=CC2C3)=C(Cl)C1. The van der Waals surface area contributed by atoms with Gasteiger partial charge in [0.15, 0.2) is 0 Å². The van der Waals surface area contributed by atoms with Crippen LogP contribution in [0.4, 0.5) is 0 Å². The molecule has 0 aliphatic heterocycles. The molecule has 3 atom stereocenters. The van der Waals surface area contributed by atoms with E-state index in [4.69, 9.17) is 11.6 Å². The summed E-state index contributed by atoms with van der Waals surface area (Å²) in [5.74, 6) is 1.80. The highest BCUT2D eigenvalue weighted by molar-refractivity contribution is 7.73. The van der Waals surface area contributed by atoms with E-state index in [2.05, 4.69) is 12.2 Å². The number of hydrogen-bond acceptors (Lipinski definition) is 2. The molecule has 1 saturated carbocycles. The van der Waals surface area contributed by atoms with Crippen LogP contribution in [0.1, 0.15) is 19.3 Å². The van der Waals surface area contributed by atoms with E-state index in [9.17, 15) is 8.42 Å². The molecule has 0 aromatic carbocycles. The molecule has 1 fully saturated rings. The molecule has 90 valence electrons. The third kappa shape index (κ3) is 1.91. The van der Waals surface area contributed by atoms with Gasteiger partial charge in [0, 0.05) is 11.5 Å². The monoisotopic (exact) mass is 268 g/mol. The molecule has 0 heterocycles. The van der Waals surface area contributed by atoms with Crippen LogP contribution >= 0.6 is 11.6 Å². The highest BCUT2D eigenvalue weighted by Crippen LogP contribution is 2.48. The topological polar surface area (TPSA) is 34.1 Å². The first kappa shape index (κ1) is 11.3.